The summed E-state index contributed by atoms with van der Waals surface area (Å²) in [5.41, 5.74) is 2.40. The molecule has 1 aliphatic carbocycles. The zero-order valence-corrected chi connectivity index (χ0v) is 12.5. The molecule has 0 bridgehead atoms. The van der Waals surface area contributed by atoms with Crippen molar-refractivity contribution in [3.63, 3.8) is 0 Å². The van der Waals surface area contributed by atoms with Crippen LogP contribution < -0.4 is 5.32 Å². The van der Waals surface area contributed by atoms with Crippen molar-refractivity contribution in [2.45, 2.75) is 57.5 Å². The first kappa shape index (κ1) is 13.5. The van der Waals surface area contributed by atoms with Gasteiger partial charge in [-0.3, -0.25) is 9.89 Å². The van der Waals surface area contributed by atoms with Gasteiger partial charge in [-0.1, -0.05) is 6.42 Å². The van der Waals surface area contributed by atoms with E-state index in [1.807, 2.05) is 10.8 Å². The van der Waals surface area contributed by atoms with Crippen LogP contribution >= 0.6 is 0 Å². The van der Waals surface area contributed by atoms with Gasteiger partial charge in [0.2, 0.25) is 5.82 Å². The number of aromatic amines is 1. The van der Waals surface area contributed by atoms with Crippen molar-refractivity contribution in [3.8, 4) is 0 Å². The Labute approximate surface area is 128 Å². The van der Waals surface area contributed by atoms with Crippen LogP contribution in [0.2, 0.25) is 0 Å². The molecule has 3 heterocycles. The first-order valence-corrected chi connectivity index (χ1v) is 8.05. The van der Waals surface area contributed by atoms with Gasteiger partial charge in [0.1, 0.15) is 5.82 Å². The molecule has 116 valence electrons. The van der Waals surface area contributed by atoms with Gasteiger partial charge < -0.3 is 9.88 Å². The van der Waals surface area contributed by atoms with Gasteiger partial charge in [-0.25, -0.2) is 0 Å². The summed E-state index contributed by atoms with van der Waals surface area (Å²) in [7, 11) is 0. The summed E-state index contributed by atoms with van der Waals surface area (Å²) in [6.45, 7) is 0.848. The summed E-state index contributed by atoms with van der Waals surface area (Å²) >= 11 is 0. The average Bonchev–Trinajstić information content (AvgIpc) is 3.08. The number of aryl methyl sites for hydroxylation is 2. The Hall–Kier alpha value is -2.18. The maximum Gasteiger partial charge on any atom is 0.289 e. The molecule has 1 amide bonds. The number of fused-ring (bicyclic) bond motifs is 2. The van der Waals surface area contributed by atoms with E-state index in [0.29, 0.717) is 5.82 Å². The number of aromatic nitrogens is 5. The molecular weight excluding hydrogens is 280 g/mol. The molecule has 0 spiro atoms. The molecule has 4 rings (SSSR count). The molecule has 2 aromatic heterocycles. The van der Waals surface area contributed by atoms with E-state index >= 15 is 0 Å². The molecule has 2 aromatic rings. The van der Waals surface area contributed by atoms with E-state index < -0.39 is 0 Å². The van der Waals surface area contributed by atoms with Crippen molar-refractivity contribution in [2.75, 3.05) is 0 Å². The lowest BCUT2D eigenvalue weighted by molar-refractivity contribution is 0.0917. The fraction of sp³-hybridized carbons (Fsp3) is 0.600. The van der Waals surface area contributed by atoms with Crippen molar-refractivity contribution in [1.82, 2.24) is 30.3 Å². The SMILES string of the molecule is O=C(NC1CCc2cn[nH]c2C1)c1nnc2n1CCCCC2. The molecule has 1 aliphatic heterocycles. The summed E-state index contributed by atoms with van der Waals surface area (Å²) in [6.07, 6.45) is 8.91. The highest BCUT2D eigenvalue weighted by Crippen LogP contribution is 2.19. The third-order valence-corrected chi connectivity index (χ3v) is 4.67. The third-order valence-electron chi connectivity index (χ3n) is 4.67. The van der Waals surface area contributed by atoms with Crippen LogP contribution in [-0.2, 0) is 25.8 Å². The molecule has 0 aromatic carbocycles. The van der Waals surface area contributed by atoms with Crippen molar-refractivity contribution >= 4 is 5.91 Å². The normalized spacial score (nSPS) is 20.8. The van der Waals surface area contributed by atoms with Crippen LogP contribution in [0.4, 0.5) is 0 Å². The highest BCUT2D eigenvalue weighted by atomic mass is 16.2. The van der Waals surface area contributed by atoms with Gasteiger partial charge in [-0.2, -0.15) is 5.10 Å². The molecule has 0 saturated heterocycles. The van der Waals surface area contributed by atoms with Crippen molar-refractivity contribution in [1.29, 1.82) is 0 Å². The van der Waals surface area contributed by atoms with E-state index in [1.165, 1.54) is 12.0 Å². The maximum absolute atomic E-state index is 12.5. The number of amides is 1. The molecule has 22 heavy (non-hydrogen) atoms. The van der Waals surface area contributed by atoms with Gasteiger partial charge in [0.25, 0.3) is 5.91 Å². The van der Waals surface area contributed by atoms with E-state index in [-0.39, 0.29) is 11.9 Å². The second kappa shape index (κ2) is 5.55. The van der Waals surface area contributed by atoms with Crippen molar-refractivity contribution in [3.05, 3.63) is 29.1 Å². The smallest absolute Gasteiger partial charge is 0.289 e. The van der Waals surface area contributed by atoms with Gasteiger partial charge in [0.15, 0.2) is 0 Å². The lowest BCUT2D eigenvalue weighted by atomic mass is 9.94. The van der Waals surface area contributed by atoms with E-state index in [4.69, 9.17) is 0 Å². The predicted octanol–water partition coefficient (Wildman–Crippen LogP) is 1.01. The van der Waals surface area contributed by atoms with Crippen LogP contribution in [0.3, 0.4) is 0 Å². The van der Waals surface area contributed by atoms with Gasteiger partial charge >= 0.3 is 0 Å². The third kappa shape index (κ3) is 2.40. The number of nitrogens with one attached hydrogen (secondary N) is 2. The van der Waals surface area contributed by atoms with Crippen molar-refractivity contribution in [2.24, 2.45) is 0 Å². The van der Waals surface area contributed by atoms with Gasteiger partial charge in [-0.05, 0) is 31.2 Å². The van der Waals surface area contributed by atoms with Crippen molar-refractivity contribution < 1.29 is 4.79 Å². The Bertz CT molecular complexity index is 688. The minimum atomic E-state index is -0.103. The molecule has 7 nitrogen and oxygen atoms in total. The lowest BCUT2D eigenvalue weighted by Crippen LogP contribution is -2.40. The summed E-state index contributed by atoms with van der Waals surface area (Å²) in [5, 5.41) is 18.5. The van der Waals surface area contributed by atoms with Crippen LogP contribution in [-0.4, -0.2) is 36.9 Å². The first-order valence-electron chi connectivity index (χ1n) is 8.05. The summed E-state index contributed by atoms with van der Waals surface area (Å²) in [6, 6.07) is 0.138. The zero-order valence-electron chi connectivity index (χ0n) is 12.5. The number of hydrogen-bond acceptors (Lipinski definition) is 4. The van der Waals surface area contributed by atoms with Crippen LogP contribution in [0.1, 0.15) is 53.4 Å². The average molecular weight is 300 g/mol. The largest absolute Gasteiger partial charge is 0.346 e. The lowest BCUT2D eigenvalue weighted by Gasteiger charge is -2.22. The van der Waals surface area contributed by atoms with Crippen LogP contribution in [0.15, 0.2) is 6.20 Å². The number of nitrogens with zero attached hydrogens (tertiary/aromatic N) is 4. The van der Waals surface area contributed by atoms with E-state index in [9.17, 15) is 4.79 Å². The number of carbonyl (C=O) groups is 1. The number of H-pyrrole nitrogens is 1. The summed E-state index contributed by atoms with van der Waals surface area (Å²) < 4.78 is 1.99. The van der Waals surface area contributed by atoms with Gasteiger partial charge in [-0.15, -0.1) is 10.2 Å². The molecular formula is C15H20N6O. The fourth-order valence-corrected chi connectivity index (χ4v) is 3.43. The molecule has 0 fully saturated rings. The number of carbonyl (C=O) groups excluding carboxylic acids is 1. The zero-order chi connectivity index (χ0) is 14.9. The highest BCUT2D eigenvalue weighted by Gasteiger charge is 2.25. The van der Waals surface area contributed by atoms with E-state index in [0.717, 1.165) is 56.6 Å². The molecule has 0 saturated carbocycles. The highest BCUT2D eigenvalue weighted by molar-refractivity contribution is 5.91. The summed E-state index contributed by atoms with van der Waals surface area (Å²) in [4.78, 5) is 12.5. The first-order chi connectivity index (χ1) is 10.8. The maximum atomic E-state index is 12.5. The Balaban J connectivity index is 1.48. The predicted molar refractivity (Wildman–Crippen MR) is 79.4 cm³/mol. The van der Waals surface area contributed by atoms with E-state index in [2.05, 4.69) is 25.7 Å². The van der Waals surface area contributed by atoms with Gasteiger partial charge in [0.05, 0.1) is 6.20 Å². The molecule has 7 heteroatoms. The molecule has 1 unspecified atom stereocenters. The summed E-state index contributed by atoms with van der Waals surface area (Å²) in [5.74, 6) is 1.31. The number of rotatable bonds is 2. The second-order valence-corrected chi connectivity index (χ2v) is 6.19. The Morgan fingerprint density at radius 3 is 3.18 bits per heavy atom. The molecule has 2 N–H and O–H groups in total. The van der Waals surface area contributed by atoms with Crippen LogP contribution in [0.5, 0.6) is 0 Å². The molecule has 0 radical (unpaired) electrons. The topological polar surface area (TPSA) is 88.5 Å². The Kier molecular flexibility index (Phi) is 3.40. The standard InChI is InChI=1S/C15H20N6O/c22-15(14-20-19-13-4-2-1-3-7-21(13)14)17-11-6-5-10-9-16-18-12(10)8-11/h9,11H,1-8H2,(H,16,18)(H,17,22). The van der Waals surface area contributed by atoms with Gasteiger partial charge in [0, 0.05) is 31.1 Å². The van der Waals surface area contributed by atoms with Crippen LogP contribution in [0.25, 0.3) is 0 Å². The minimum Gasteiger partial charge on any atom is -0.346 e. The fourth-order valence-electron chi connectivity index (χ4n) is 3.43. The van der Waals surface area contributed by atoms with Crippen LogP contribution in [0, 0.1) is 0 Å². The quantitative estimate of drug-likeness (QED) is 0.866. The number of hydrogen-bond donors (Lipinski definition) is 2. The molecule has 2 aliphatic rings. The molecule has 1 atom stereocenters. The Morgan fingerprint density at radius 1 is 1.27 bits per heavy atom. The Morgan fingerprint density at radius 2 is 2.23 bits per heavy atom. The second-order valence-electron chi connectivity index (χ2n) is 6.19. The minimum absolute atomic E-state index is 0.103. The van der Waals surface area contributed by atoms with E-state index in [1.54, 1.807) is 0 Å². The monoisotopic (exact) mass is 300 g/mol.